The number of hydrogen-bond acceptors (Lipinski definition) is 5. The summed E-state index contributed by atoms with van der Waals surface area (Å²) in [6, 6.07) is 7.16. The highest BCUT2D eigenvalue weighted by Gasteiger charge is 2.12. The van der Waals surface area contributed by atoms with Crippen LogP contribution in [-0.2, 0) is 11.2 Å². The number of aromatic nitrogens is 2. The molecule has 0 spiro atoms. The number of carbonyl (C=O) groups excluding carboxylic acids is 1. The Labute approximate surface area is 120 Å². The van der Waals surface area contributed by atoms with Crippen molar-refractivity contribution < 1.29 is 14.7 Å². The minimum absolute atomic E-state index is 0.136. The second-order valence-corrected chi connectivity index (χ2v) is 4.22. The van der Waals surface area contributed by atoms with Gasteiger partial charge in [0.1, 0.15) is 11.6 Å². The number of benzene rings is 1. The smallest absolute Gasteiger partial charge is 0.229 e. The van der Waals surface area contributed by atoms with Gasteiger partial charge in [-0.3, -0.25) is 9.89 Å². The second kappa shape index (κ2) is 6.42. The molecule has 2 aromatic rings. The molecule has 0 bridgehead atoms. The Bertz CT molecular complexity index is 648. The number of amidine groups is 1. The van der Waals surface area contributed by atoms with Gasteiger partial charge in [0.15, 0.2) is 5.84 Å². The Kier molecular flexibility index (Phi) is 4.39. The molecule has 0 unspecified atom stereocenters. The van der Waals surface area contributed by atoms with Crippen LogP contribution in [0.4, 0.5) is 5.82 Å². The van der Waals surface area contributed by atoms with Gasteiger partial charge in [-0.05, 0) is 17.7 Å². The van der Waals surface area contributed by atoms with Crippen molar-refractivity contribution >= 4 is 17.6 Å². The van der Waals surface area contributed by atoms with E-state index in [0.717, 1.165) is 11.3 Å². The van der Waals surface area contributed by atoms with Crippen molar-refractivity contribution in [2.24, 2.45) is 10.9 Å². The van der Waals surface area contributed by atoms with E-state index >= 15 is 0 Å². The van der Waals surface area contributed by atoms with Gasteiger partial charge < -0.3 is 21.0 Å². The van der Waals surface area contributed by atoms with Crippen molar-refractivity contribution in [1.82, 2.24) is 10.2 Å². The van der Waals surface area contributed by atoms with E-state index in [0.29, 0.717) is 5.56 Å². The van der Waals surface area contributed by atoms with Crippen molar-refractivity contribution in [1.29, 1.82) is 0 Å². The molecule has 0 aliphatic carbocycles. The number of anilines is 1. The summed E-state index contributed by atoms with van der Waals surface area (Å²) >= 11 is 0. The fourth-order valence-electron chi connectivity index (χ4n) is 1.74. The van der Waals surface area contributed by atoms with Crippen molar-refractivity contribution in [2.75, 3.05) is 12.4 Å². The van der Waals surface area contributed by atoms with Crippen LogP contribution in [0.1, 0.15) is 11.1 Å². The Hall–Kier alpha value is -3.03. The number of hydrogen-bond donors (Lipinski definition) is 4. The maximum absolute atomic E-state index is 12.0. The number of oxime groups is 1. The van der Waals surface area contributed by atoms with Crippen molar-refractivity contribution in [2.45, 2.75) is 6.42 Å². The summed E-state index contributed by atoms with van der Waals surface area (Å²) in [7, 11) is 1.58. The molecule has 1 amide bonds. The molecule has 110 valence electrons. The molecule has 0 aliphatic rings. The zero-order valence-electron chi connectivity index (χ0n) is 11.3. The van der Waals surface area contributed by atoms with E-state index in [1.54, 1.807) is 31.4 Å². The number of methoxy groups -OCH3 is 1. The summed E-state index contributed by atoms with van der Waals surface area (Å²) in [5.74, 6) is 0.616. The average Bonchev–Trinajstić information content (AvgIpc) is 2.95. The summed E-state index contributed by atoms with van der Waals surface area (Å²) in [5.41, 5.74) is 6.63. The molecule has 0 atom stereocenters. The predicted octanol–water partition coefficient (Wildman–Crippen LogP) is 0.694. The first-order valence-electron chi connectivity index (χ1n) is 6.08. The molecule has 0 saturated heterocycles. The number of rotatable bonds is 5. The van der Waals surface area contributed by atoms with Crippen LogP contribution in [-0.4, -0.2) is 34.3 Å². The van der Waals surface area contributed by atoms with Crippen LogP contribution in [0.15, 0.2) is 35.6 Å². The van der Waals surface area contributed by atoms with Gasteiger partial charge in [-0.25, -0.2) is 0 Å². The van der Waals surface area contributed by atoms with E-state index in [1.807, 2.05) is 0 Å². The molecule has 1 aromatic carbocycles. The van der Waals surface area contributed by atoms with E-state index in [4.69, 9.17) is 15.7 Å². The number of nitrogens with one attached hydrogen (secondary N) is 2. The minimum atomic E-state index is -0.253. The highest BCUT2D eigenvalue weighted by atomic mass is 16.5. The highest BCUT2D eigenvalue weighted by molar-refractivity contribution is 6.04. The normalized spacial score (nSPS) is 11.2. The van der Waals surface area contributed by atoms with Gasteiger partial charge >= 0.3 is 0 Å². The first-order valence-corrected chi connectivity index (χ1v) is 6.08. The van der Waals surface area contributed by atoms with Gasteiger partial charge in [0, 0.05) is 0 Å². The fourth-order valence-corrected chi connectivity index (χ4v) is 1.74. The highest BCUT2D eigenvalue weighted by Crippen LogP contribution is 2.14. The van der Waals surface area contributed by atoms with Crippen LogP contribution >= 0.6 is 0 Å². The zero-order valence-corrected chi connectivity index (χ0v) is 11.3. The average molecular weight is 289 g/mol. The van der Waals surface area contributed by atoms with Gasteiger partial charge in [-0.1, -0.05) is 17.3 Å². The number of aromatic amines is 1. The molecule has 1 aromatic heterocycles. The van der Waals surface area contributed by atoms with E-state index in [-0.39, 0.29) is 24.0 Å². The summed E-state index contributed by atoms with van der Waals surface area (Å²) in [5, 5.41) is 20.5. The first kappa shape index (κ1) is 14.4. The van der Waals surface area contributed by atoms with Gasteiger partial charge in [-0.15, -0.1) is 0 Å². The number of H-pyrrole nitrogens is 1. The Morgan fingerprint density at radius 1 is 1.48 bits per heavy atom. The topological polar surface area (TPSA) is 126 Å². The molecule has 0 saturated carbocycles. The number of nitrogens with zero attached hydrogens (tertiary/aromatic N) is 2. The third-order valence-corrected chi connectivity index (χ3v) is 2.81. The SMILES string of the molecule is COc1ccc(CC(=O)Nc2[nH]ncc2C(N)=NO)cc1. The van der Waals surface area contributed by atoms with Crippen LogP contribution in [0, 0.1) is 0 Å². The number of nitrogens with two attached hydrogens (primary N) is 1. The zero-order chi connectivity index (χ0) is 15.2. The van der Waals surface area contributed by atoms with Crippen molar-refractivity contribution in [3.63, 3.8) is 0 Å². The lowest BCUT2D eigenvalue weighted by Gasteiger charge is -2.06. The molecule has 1 heterocycles. The molecule has 2 rings (SSSR count). The molecular weight excluding hydrogens is 274 g/mol. The Morgan fingerprint density at radius 3 is 2.81 bits per heavy atom. The largest absolute Gasteiger partial charge is 0.497 e. The van der Waals surface area contributed by atoms with E-state index in [2.05, 4.69) is 20.7 Å². The molecule has 8 heteroatoms. The number of amides is 1. The first-order chi connectivity index (χ1) is 10.1. The van der Waals surface area contributed by atoms with Crippen LogP contribution in [0.5, 0.6) is 5.75 Å². The molecule has 8 nitrogen and oxygen atoms in total. The quantitative estimate of drug-likeness (QED) is 0.279. The predicted molar refractivity (Wildman–Crippen MR) is 76.4 cm³/mol. The third-order valence-electron chi connectivity index (χ3n) is 2.81. The summed E-state index contributed by atoms with van der Waals surface area (Å²) in [6.45, 7) is 0. The van der Waals surface area contributed by atoms with Gasteiger partial charge in [0.25, 0.3) is 0 Å². The third kappa shape index (κ3) is 3.50. The van der Waals surface area contributed by atoms with Gasteiger partial charge in [0.2, 0.25) is 5.91 Å². The van der Waals surface area contributed by atoms with Crippen LogP contribution in [0.3, 0.4) is 0 Å². The summed E-state index contributed by atoms with van der Waals surface area (Å²) in [6.07, 6.45) is 1.54. The Balaban J connectivity index is 2.03. The minimum Gasteiger partial charge on any atom is -0.497 e. The number of ether oxygens (including phenoxy) is 1. The maximum Gasteiger partial charge on any atom is 0.229 e. The van der Waals surface area contributed by atoms with Gasteiger partial charge in [-0.2, -0.15) is 5.10 Å². The fraction of sp³-hybridized carbons (Fsp3) is 0.154. The van der Waals surface area contributed by atoms with Crippen molar-refractivity contribution in [3.05, 3.63) is 41.6 Å². The lowest BCUT2D eigenvalue weighted by Crippen LogP contribution is -2.19. The molecule has 5 N–H and O–H groups in total. The van der Waals surface area contributed by atoms with E-state index in [1.165, 1.54) is 6.20 Å². The van der Waals surface area contributed by atoms with Crippen LogP contribution in [0.2, 0.25) is 0 Å². The molecule has 21 heavy (non-hydrogen) atoms. The van der Waals surface area contributed by atoms with Gasteiger partial charge in [0.05, 0.1) is 25.3 Å². The molecule has 0 fully saturated rings. The van der Waals surface area contributed by atoms with E-state index in [9.17, 15) is 4.79 Å². The monoisotopic (exact) mass is 289 g/mol. The van der Waals surface area contributed by atoms with Crippen LogP contribution in [0.25, 0.3) is 0 Å². The lowest BCUT2D eigenvalue weighted by molar-refractivity contribution is -0.115. The standard InChI is InChI=1S/C13H15N5O3/c1-21-9-4-2-8(3-5-9)6-11(19)16-13-10(7-15-17-13)12(14)18-20/h2-5,7,20H,6H2,1H3,(H2,14,18)(H2,15,16,17,19). The second-order valence-electron chi connectivity index (χ2n) is 4.22. The molecule has 0 aliphatic heterocycles. The number of carbonyl (C=O) groups is 1. The summed E-state index contributed by atoms with van der Waals surface area (Å²) in [4.78, 5) is 12.0. The van der Waals surface area contributed by atoms with E-state index < -0.39 is 0 Å². The van der Waals surface area contributed by atoms with Crippen LogP contribution < -0.4 is 15.8 Å². The Morgan fingerprint density at radius 2 is 2.19 bits per heavy atom. The summed E-state index contributed by atoms with van der Waals surface area (Å²) < 4.78 is 5.05. The molecule has 0 radical (unpaired) electrons. The molecular formula is C13H15N5O3. The maximum atomic E-state index is 12.0. The van der Waals surface area contributed by atoms with Crippen molar-refractivity contribution in [3.8, 4) is 5.75 Å². The lowest BCUT2D eigenvalue weighted by atomic mass is 10.1.